The minimum absolute atomic E-state index is 0.256. The lowest BCUT2D eigenvalue weighted by Gasteiger charge is -2.09. The van der Waals surface area contributed by atoms with Gasteiger partial charge in [-0.25, -0.2) is 8.42 Å². The van der Waals surface area contributed by atoms with E-state index in [1.807, 2.05) is 0 Å². The lowest BCUT2D eigenvalue weighted by Crippen LogP contribution is -2.18. The van der Waals surface area contributed by atoms with Crippen molar-refractivity contribution in [1.29, 1.82) is 0 Å². The molecule has 1 rings (SSSR count). The minimum Gasteiger partial charge on any atom is -0.495 e. The Morgan fingerprint density at radius 1 is 1.50 bits per heavy atom. The van der Waals surface area contributed by atoms with Gasteiger partial charge in [-0.1, -0.05) is 11.6 Å². The fourth-order valence-electron chi connectivity index (χ4n) is 1.18. The lowest BCUT2D eigenvalue weighted by molar-refractivity contribution is -0.136. The number of benzene rings is 1. The van der Waals surface area contributed by atoms with Gasteiger partial charge in [-0.05, 0) is 18.2 Å². The molecule has 18 heavy (non-hydrogen) atoms. The second kappa shape index (κ2) is 5.92. The average molecular weight is 294 g/mol. The quantitative estimate of drug-likeness (QED) is 0.830. The highest BCUT2D eigenvalue weighted by Gasteiger charge is 2.13. The summed E-state index contributed by atoms with van der Waals surface area (Å²) in [4.78, 5) is 10.3. The molecule has 1 aromatic carbocycles. The van der Waals surface area contributed by atoms with Gasteiger partial charge in [0.15, 0.2) is 0 Å². The third-order valence-electron chi connectivity index (χ3n) is 2.01. The van der Waals surface area contributed by atoms with E-state index in [9.17, 15) is 13.2 Å². The molecule has 0 radical (unpaired) electrons. The van der Waals surface area contributed by atoms with Crippen LogP contribution >= 0.6 is 11.6 Å². The highest BCUT2D eigenvalue weighted by Crippen LogP contribution is 2.27. The maximum absolute atomic E-state index is 11.5. The van der Waals surface area contributed by atoms with E-state index >= 15 is 0 Å². The second-order valence-corrected chi connectivity index (χ2v) is 5.66. The zero-order valence-electron chi connectivity index (χ0n) is 9.51. The van der Waals surface area contributed by atoms with Gasteiger partial charge in [0.2, 0.25) is 10.0 Å². The molecule has 8 heteroatoms. The first-order valence-corrected chi connectivity index (χ1v) is 6.93. The van der Waals surface area contributed by atoms with E-state index in [-0.39, 0.29) is 10.7 Å². The Morgan fingerprint density at radius 2 is 2.17 bits per heavy atom. The minimum atomic E-state index is -3.70. The van der Waals surface area contributed by atoms with Crippen LogP contribution in [0.2, 0.25) is 5.02 Å². The van der Waals surface area contributed by atoms with E-state index in [4.69, 9.17) is 21.4 Å². The summed E-state index contributed by atoms with van der Waals surface area (Å²) in [6.07, 6.45) is -0.459. The maximum atomic E-state index is 11.5. The number of rotatable bonds is 6. The Bertz CT molecular complexity index is 543. The van der Waals surface area contributed by atoms with Gasteiger partial charge < -0.3 is 9.84 Å². The summed E-state index contributed by atoms with van der Waals surface area (Å²) in [5, 5.41) is 8.69. The summed E-state index contributed by atoms with van der Waals surface area (Å²) in [6.45, 7) is 0. The molecule has 0 heterocycles. The topological polar surface area (TPSA) is 92.7 Å². The van der Waals surface area contributed by atoms with Gasteiger partial charge in [-0.15, -0.1) is 0 Å². The molecule has 0 spiro atoms. The van der Waals surface area contributed by atoms with Crippen molar-refractivity contribution in [3.8, 4) is 5.75 Å². The summed E-state index contributed by atoms with van der Waals surface area (Å²) in [7, 11) is -2.25. The molecule has 0 fully saturated rings. The van der Waals surface area contributed by atoms with Crippen molar-refractivity contribution in [3.63, 3.8) is 0 Å². The molecule has 0 saturated carbocycles. The summed E-state index contributed by atoms with van der Waals surface area (Å²) in [5.74, 6) is -1.25. The van der Waals surface area contributed by atoms with Gasteiger partial charge in [0.05, 0.1) is 30.0 Å². The van der Waals surface area contributed by atoms with Gasteiger partial charge in [0.25, 0.3) is 0 Å². The van der Waals surface area contributed by atoms with Crippen LogP contribution in [-0.2, 0) is 14.8 Å². The highest BCUT2D eigenvalue weighted by molar-refractivity contribution is 7.92. The first kappa shape index (κ1) is 14.6. The molecule has 0 amide bonds. The molecule has 100 valence electrons. The zero-order chi connectivity index (χ0) is 13.8. The van der Waals surface area contributed by atoms with E-state index in [0.717, 1.165) is 0 Å². The van der Waals surface area contributed by atoms with E-state index in [1.54, 1.807) is 0 Å². The van der Waals surface area contributed by atoms with Crippen LogP contribution in [0.5, 0.6) is 5.75 Å². The number of hydrogen-bond donors (Lipinski definition) is 2. The fourth-order valence-corrected chi connectivity index (χ4v) is 2.47. The van der Waals surface area contributed by atoms with Gasteiger partial charge >= 0.3 is 5.97 Å². The van der Waals surface area contributed by atoms with Crippen molar-refractivity contribution in [3.05, 3.63) is 23.2 Å². The Kier molecular flexibility index (Phi) is 4.80. The molecule has 1 aromatic rings. The van der Waals surface area contributed by atoms with E-state index < -0.39 is 28.2 Å². The number of sulfonamides is 1. The maximum Gasteiger partial charge on any atom is 0.304 e. The molecule has 0 unspecified atom stereocenters. The summed E-state index contributed by atoms with van der Waals surface area (Å²) < 4.78 is 30.2. The Balaban J connectivity index is 2.78. The number of carboxylic acids is 1. The van der Waals surface area contributed by atoms with Gasteiger partial charge in [0.1, 0.15) is 5.75 Å². The number of halogens is 1. The zero-order valence-corrected chi connectivity index (χ0v) is 11.1. The number of carbonyl (C=O) groups is 1. The van der Waals surface area contributed by atoms with Crippen molar-refractivity contribution in [2.75, 3.05) is 17.6 Å². The van der Waals surface area contributed by atoms with Crippen molar-refractivity contribution >= 4 is 33.3 Å². The van der Waals surface area contributed by atoms with Crippen LogP contribution in [0.25, 0.3) is 0 Å². The molecule has 0 saturated heterocycles. The van der Waals surface area contributed by atoms with Gasteiger partial charge in [0, 0.05) is 0 Å². The Labute approximate surface area is 110 Å². The molecule has 0 atom stereocenters. The first-order chi connectivity index (χ1) is 8.34. The predicted molar refractivity (Wildman–Crippen MR) is 67.7 cm³/mol. The van der Waals surface area contributed by atoms with Gasteiger partial charge in [-0.3, -0.25) is 9.52 Å². The van der Waals surface area contributed by atoms with Crippen LogP contribution in [0, 0.1) is 0 Å². The van der Waals surface area contributed by atoms with E-state index in [0.29, 0.717) is 5.75 Å². The second-order valence-electron chi connectivity index (χ2n) is 3.41. The van der Waals surface area contributed by atoms with Crippen molar-refractivity contribution < 1.29 is 23.1 Å². The third-order valence-corrected chi connectivity index (χ3v) is 3.59. The van der Waals surface area contributed by atoms with Crippen LogP contribution in [0.4, 0.5) is 5.69 Å². The molecule has 6 nitrogen and oxygen atoms in total. The molecular weight excluding hydrogens is 282 g/mol. The van der Waals surface area contributed by atoms with Crippen molar-refractivity contribution in [2.45, 2.75) is 6.42 Å². The largest absolute Gasteiger partial charge is 0.495 e. The number of aliphatic carboxylic acids is 1. The van der Waals surface area contributed by atoms with Crippen LogP contribution in [0.15, 0.2) is 18.2 Å². The van der Waals surface area contributed by atoms with Crippen molar-refractivity contribution in [1.82, 2.24) is 0 Å². The molecule has 0 aliphatic carbocycles. The Morgan fingerprint density at radius 3 is 2.67 bits per heavy atom. The molecule has 2 N–H and O–H groups in total. The molecule has 0 aliphatic rings. The lowest BCUT2D eigenvalue weighted by atomic mass is 10.3. The SMILES string of the molecule is COc1ccc(NS(=O)(=O)CCC(=O)O)cc1Cl. The summed E-state index contributed by atoms with van der Waals surface area (Å²) >= 11 is 5.83. The standard InChI is InChI=1S/C10H12ClNO5S/c1-17-9-3-2-7(6-8(9)11)12-18(15,16)5-4-10(13)14/h2-3,6,12H,4-5H2,1H3,(H,13,14). The monoisotopic (exact) mass is 293 g/mol. The normalized spacial score (nSPS) is 11.0. The van der Waals surface area contributed by atoms with Gasteiger partial charge in [-0.2, -0.15) is 0 Å². The average Bonchev–Trinajstić information content (AvgIpc) is 2.26. The van der Waals surface area contributed by atoms with Crippen LogP contribution < -0.4 is 9.46 Å². The van der Waals surface area contributed by atoms with E-state index in [2.05, 4.69) is 4.72 Å². The highest BCUT2D eigenvalue weighted by atomic mass is 35.5. The number of ether oxygens (including phenoxy) is 1. The smallest absolute Gasteiger partial charge is 0.304 e. The predicted octanol–water partition coefficient (Wildman–Crippen LogP) is 1.56. The number of anilines is 1. The summed E-state index contributed by atoms with van der Waals surface area (Å²) in [5.41, 5.74) is 0.256. The molecule has 0 aliphatic heterocycles. The van der Waals surface area contributed by atoms with Crippen LogP contribution in [0.1, 0.15) is 6.42 Å². The number of carboxylic acid groups (broad SMARTS) is 1. The molecule has 0 aromatic heterocycles. The summed E-state index contributed by atoms with van der Waals surface area (Å²) in [6, 6.07) is 4.37. The van der Waals surface area contributed by atoms with Crippen molar-refractivity contribution in [2.24, 2.45) is 0 Å². The first-order valence-electron chi connectivity index (χ1n) is 4.90. The third kappa shape index (κ3) is 4.42. The molecular formula is C10H12ClNO5S. The van der Waals surface area contributed by atoms with Crippen LogP contribution in [-0.4, -0.2) is 32.4 Å². The number of hydrogen-bond acceptors (Lipinski definition) is 4. The number of methoxy groups -OCH3 is 1. The molecule has 0 bridgehead atoms. The number of nitrogens with one attached hydrogen (secondary N) is 1. The van der Waals surface area contributed by atoms with Crippen LogP contribution in [0.3, 0.4) is 0 Å². The Hall–Kier alpha value is -1.47. The van der Waals surface area contributed by atoms with E-state index in [1.165, 1.54) is 25.3 Å². The fraction of sp³-hybridized carbons (Fsp3) is 0.300.